The van der Waals surface area contributed by atoms with Crippen LogP contribution in [0, 0.1) is 0 Å². The van der Waals surface area contributed by atoms with E-state index < -0.39 is 27.4 Å². The molecule has 0 radical (unpaired) electrons. The molecule has 170 valence electrons. The Balaban J connectivity index is 5.86. The van der Waals surface area contributed by atoms with Gasteiger partial charge in [0, 0.05) is 64.0 Å². The van der Waals surface area contributed by atoms with Crippen LogP contribution >= 0.6 is 0 Å². The first kappa shape index (κ1) is 27.7. The van der Waals surface area contributed by atoms with Crippen LogP contribution in [0.2, 0.25) is 0 Å². The van der Waals surface area contributed by atoms with Gasteiger partial charge in [-0.1, -0.05) is 0 Å². The van der Waals surface area contributed by atoms with E-state index in [0.29, 0.717) is 0 Å². The molecule has 0 unspecified atom stereocenters. The van der Waals surface area contributed by atoms with Gasteiger partial charge in [-0.2, -0.15) is 0 Å². The first-order valence-corrected chi connectivity index (χ1v) is 9.56. The van der Waals surface area contributed by atoms with Crippen molar-refractivity contribution in [2.24, 2.45) is 0 Å². The van der Waals surface area contributed by atoms with Gasteiger partial charge in [-0.25, -0.2) is 0 Å². The summed E-state index contributed by atoms with van der Waals surface area (Å²) in [6, 6.07) is 0. The standard InChI is InChI=1S/C15H34O12Si/c1-16-10-13(19-4,20-5)25-28(26-14(21-6,22-7)11-17-2)27-15(23-8,24-9)12-18-3/h28H,10-12H2,1-9H3. The first-order chi connectivity index (χ1) is 13.3. The van der Waals surface area contributed by atoms with Gasteiger partial charge < -0.3 is 55.9 Å². The molecular weight excluding hydrogens is 400 g/mol. The lowest BCUT2D eigenvalue weighted by molar-refractivity contribution is -0.403. The van der Waals surface area contributed by atoms with Crippen LogP contribution in [0.15, 0.2) is 0 Å². The number of methoxy groups -OCH3 is 9. The molecule has 0 aliphatic heterocycles. The molecule has 0 aromatic heterocycles. The quantitative estimate of drug-likeness (QED) is 0.205. The summed E-state index contributed by atoms with van der Waals surface area (Å²) < 4.78 is 64.9. The number of rotatable bonds is 18. The molecule has 12 nitrogen and oxygen atoms in total. The maximum absolute atomic E-state index is 5.88. The molecule has 0 fully saturated rings. The Kier molecular flexibility index (Phi) is 13.7. The third-order valence-electron chi connectivity index (χ3n) is 3.66. The monoisotopic (exact) mass is 434 g/mol. The van der Waals surface area contributed by atoms with Crippen LogP contribution in [0.1, 0.15) is 0 Å². The summed E-state index contributed by atoms with van der Waals surface area (Å²) in [6.07, 6.45) is 0. The van der Waals surface area contributed by atoms with E-state index in [1.807, 2.05) is 0 Å². The molecule has 0 aromatic rings. The lowest BCUT2D eigenvalue weighted by Gasteiger charge is -2.39. The van der Waals surface area contributed by atoms with Crippen molar-refractivity contribution in [3.63, 3.8) is 0 Å². The van der Waals surface area contributed by atoms with E-state index in [9.17, 15) is 0 Å². The predicted octanol–water partition coefficient (Wildman–Crippen LogP) is -0.468. The first-order valence-electron chi connectivity index (χ1n) is 8.15. The minimum absolute atomic E-state index is 0.0926. The zero-order valence-electron chi connectivity index (χ0n) is 18.1. The topological polar surface area (TPSA) is 111 Å². The van der Waals surface area contributed by atoms with Gasteiger partial charge in [-0.15, -0.1) is 0 Å². The molecule has 0 aromatic carbocycles. The fraction of sp³-hybridized carbons (Fsp3) is 1.00. The molecule has 0 rings (SSSR count). The van der Waals surface area contributed by atoms with Crippen molar-refractivity contribution < 1.29 is 55.9 Å². The highest BCUT2D eigenvalue weighted by Gasteiger charge is 2.48. The van der Waals surface area contributed by atoms with Gasteiger partial charge in [-0.05, 0) is 0 Å². The van der Waals surface area contributed by atoms with Gasteiger partial charge in [0.1, 0.15) is 19.8 Å². The molecule has 0 aliphatic rings. The van der Waals surface area contributed by atoms with E-state index in [1.165, 1.54) is 64.0 Å². The summed E-state index contributed by atoms with van der Waals surface area (Å²) in [4.78, 5) is 0. The lowest BCUT2D eigenvalue weighted by atomic mass is 10.6. The Morgan fingerprint density at radius 3 is 0.786 bits per heavy atom. The Labute approximate surface area is 168 Å². The summed E-state index contributed by atoms with van der Waals surface area (Å²) in [5.74, 6) is -4.90. The normalized spacial score (nSPS) is 13.5. The Hall–Kier alpha value is -0.263. The fourth-order valence-electron chi connectivity index (χ4n) is 2.04. The second-order valence-corrected chi connectivity index (χ2v) is 6.50. The highest BCUT2D eigenvalue weighted by atomic mass is 28.3. The summed E-state index contributed by atoms with van der Waals surface area (Å²) >= 11 is 0. The minimum atomic E-state index is -3.30. The van der Waals surface area contributed by atoms with E-state index >= 15 is 0 Å². The van der Waals surface area contributed by atoms with E-state index in [2.05, 4.69) is 0 Å². The Morgan fingerprint density at radius 2 is 0.643 bits per heavy atom. The van der Waals surface area contributed by atoms with E-state index in [0.717, 1.165) is 0 Å². The van der Waals surface area contributed by atoms with Crippen LogP contribution in [0.5, 0.6) is 0 Å². The molecule has 0 spiro atoms. The summed E-state index contributed by atoms with van der Waals surface area (Å²) in [6.45, 7) is -0.278. The van der Waals surface area contributed by atoms with Crippen LogP contribution in [-0.2, 0) is 55.9 Å². The number of ether oxygens (including phenoxy) is 9. The van der Waals surface area contributed by atoms with Crippen LogP contribution in [0.25, 0.3) is 0 Å². The smallest absolute Gasteiger partial charge is 0.376 e. The van der Waals surface area contributed by atoms with E-state index in [1.54, 1.807) is 0 Å². The maximum Gasteiger partial charge on any atom is 0.496 e. The van der Waals surface area contributed by atoms with Crippen molar-refractivity contribution >= 4 is 9.53 Å². The third-order valence-corrected chi connectivity index (χ3v) is 5.31. The molecule has 0 saturated heterocycles. The second-order valence-electron chi connectivity index (χ2n) is 5.22. The Morgan fingerprint density at radius 1 is 0.429 bits per heavy atom. The van der Waals surface area contributed by atoms with Crippen LogP contribution in [0.4, 0.5) is 0 Å². The van der Waals surface area contributed by atoms with Crippen molar-refractivity contribution in [2.75, 3.05) is 83.8 Å². The van der Waals surface area contributed by atoms with Crippen molar-refractivity contribution in [1.82, 2.24) is 0 Å². The molecule has 0 aliphatic carbocycles. The van der Waals surface area contributed by atoms with Crippen molar-refractivity contribution in [1.29, 1.82) is 0 Å². The highest BCUT2D eigenvalue weighted by molar-refractivity contribution is 6.36. The maximum atomic E-state index is 5.88. The molecule has 28 heavy (non-hydrogen) atoms. The van der Waals surface area contributed by atoms with Crippen LogP contribution < -0.4 is 0 Å². The van der Waals surface area contributed by atoms with Gasteiger partial charge >= 0.3 is 27.4 Å². The van der Waals surface area contributed by atoms with Gasteiger partial charge in [0.05, 0.1) is 0 Å². The summed E-state index contributed by atoms with van der Waals surface area (Å²) in [5, 5.41) is 0. The summed E-state index contributed by atoms with van der Waals surface area (Å²) in [5.41, 5.74) is 0. The SMILES string of the molecule is COCC(OC)(OC)O[SiH](OC(COC)(OC)OC)OC(COC)(OC)OC. The van der Waals surface area contributed by atoms with Crippen molar-refractivity contribution in [3.8, 4) is 0 Å². The fourth-order valence-corrected chi connectivity index (χ4v) is 3.84. The van der Waals surface area contributed by atoms with Gasteiger partial charge in [0.25, 0.3) is 0 Å². The average molecular weight is 435 g/mol. The van der Waals surface area contributed by atoms with Crippen molar-refractivity contribution in [3.05, 3.63) is 0 Å². The van der Waals surface area contributed by atoms with Crippen LogP contribution in [0.3, 0.4) is 0 Å². The molecule has 0 N–H and O–H groups in total. The average Bonchev–Trinajstić information content (AvgIpc) is 2.72. The number of hydrogen-bond acceptors (Lipinski definition) is 12. The second kappa shape index (κ2) is 13.9. The van der Waals surface area contributed by atoms with E-state index in [4.69, 9.17) is 55.9 Å². The molecule has 13 heteroatoms. The van der Waals surface area contributed by atoms with Gasteiger partial charge in [0.15, 0.2) is 0 Å². The molecule has 0 saturated carbocycles. The van der Waals surface area contributed by atoms with Crippen LogP contribution in [-0.4, -0.2) is 111 Å². The third kappa shape index (κ3) is 7.87. The van der Waals surface area contributed by atoms with Gasteiger partial charge in [-0.3, -0.25) is 0 Å². The minimum Gasteiger partial charge on any atom is -0.376 e. The number of hydrogen-bond donors (Lipinski definition) is 0. The summed E-state index contributed by atoms with van der Waals surface area (Å²) in [7, 11) is 9.29. The zero-order chi connectivity index (χ0) is 21.7. The molecular formula is C15H34O12Si. The molecule has 0 atom stereocenters. The lowest BCUT2D eigenvalue weighted by Crippen LogP contribution is -2.57. The molecule has 0 bridgehead atoms. The Bertz CT molecular complexity index is 330. The predicted molar refractivity (Wildman–Crippen MR) is 96.3 cm³/mol. The molecule has 0 heterocycles. The highest BCUT2D eigenvalue weighted by Crippen LogP contribution is 2.25. The zero-order valence-corrected chi connectivity index (χ0v) is 19.3. The molecule has 0 amide bonds. The van der Waals surface area contributed by atoms with E-state index in [-0.39, 0.29) is 19.8 Å². The largest absolute Gasteiger partial charge is 0.496 e. The van der Waals surface area contributed by atoms with Gasteiger partial charge in [0.2, 0.25) is 0 Å². The van der Waals surface area contributed by atoms with Crippen molar-refractivity contribution in [2.45, 2.75) is 17.9 Å².